The molecule has 0 bridgehead atoms. The molecule has 0 saturated carbocycles. The van der Waals surface area contributed by atoms with E-state index in [-0.39, 0.29) is 0 Å². The average Bonchev–Trinajstić information content (AvgIpc) is 2.92. The van der Waals surface area contributed by atoms with Crippen molar-refractivity contribution in [1.82, 2.24) is 15.0 Å². The summed E-state index contributed by atoms with van der Waals surface area (Å²) in [6.07, 6.45) is 4.08. The Balaban J connectivity index is 2.28. The van der Waals surface area contributed by atoms with Crippen LogP contribution in [0.2, 0.25) is 0 Å². The van der Waals surface area contributed by atoms with Crippen LogP contribution < -0.4 is 4.74 Å². The maximum atomic E-state index is 5.35. The van der Waals surface area contributed by atoms with E-state index in [1.807, 2.05) is 4.68 Å². The van der Waals surface area contributed by atoms with Crippen LogP contribution in [0.4, 0.5) is 0 Å². The number of rotatable bonds is 6. The molecule has 2 aromatic rings. The summed E-state index contributed by atoms with van der Waals surface area (Å²) in [6.45, 7) is 9.50. The van der Waals surface area contributed by atoms with Crippen LogP contribution in [0.1, 0.15) is 48.6 Å². The number of hydrogen-bond acceptors (Lipinski definition) is 3. The van der Waals surface area contributed by atoms with Crippen LogP contribution in [-0.2, 0) is 13.0 Å². The van der Waals surface area contributed by atoms with Crippen LogP contribution in [0.15, 0.2) is 18.3 Å². The van der Waals surface area contributed by atoms with Gasteiger partial charge in [0.05, 0.1) is 12.8 Å². The second-order valence-electron chi connectivity index (χ2n) is 5.55. The monoisotopic (exact) mass is 287 g/mol. The van der Waals surface area contributed by atoms with Crippen LogP contribution in [-0.4, -0.2) is 22.1 Å². The van der Waals surface area contributed by atoms with Crippen molar-refractivity contribution in [3.05, 3.63) is 40.7 Å². The Morgan fingerprint density at radius 2 is 1.86 bits per heavy atom. The minimum Gasteiger partial charge on any atom is -0.497 e. The van der Waals surface area contributed by atoms with E-state index in [1.54, 1.807) is 7.11 Å². The predicted molar refractivity (Wildman–Crippen MR) is 84.9 cm³/mol. The first-order chi connectivity index (χ1) is 10.1. The number of methoxy groups -OCH3 is 1. The second kappa shape index (κ2) is 6.74. The molecule has 1 unspecified atom stereocenters. The highest BCUT2D eigenvalue weighted by Gasteiger charge is 2.17. The van der Waals surface area contributed by atoms with Gasteiger partial charge >= 0.3 is 0 Å². The molecule has 0 amide bonds. The molecule has 114 valence electrons. The maximum absolute atomic E-state index is 5.35. The molecule has 4 nitrogen and oxygen atoms in total. The average molecular weight is 287 g/mol. The minimum absolute atomic E-state index is 0.470. The number of aryl methyl sites for hydroxylation is 3. The molecule has 1 aromatic carbocycles. The Hall–Kier alpha value is -1.84. The summed E-state index contributed by atoms with van der Waals surface area (Å²) in [6, 6.07) is 4.24. The van der Waals surface area contributed by atoms with Gasteiger partial charge in [-0.05, 0) is 68.4 Å². The number of benzene rings is 1. The van der Waals surface area contributed by atoms with Crippen molar-refractivity contribution in [2.75, 3.05) is 7.11 Å². The molecule has 0 spiro atoms. The summed E-state index contributed by atoms with van der Waals surface area (Å²) in [4.78, 5) is 0. The molecule has 0 saturated heterocycles. The summed E-state index contributed by atoms with van der Waals surface area (Å²) in [5, 5.41) is 8.42. The van der Waals surface area contributed by atoms with E-state index < -0.39 is 0 Å². The summed E-state index contributed by atoms with van der Waals surface area (Å²) < 4.78 is 7.24. The molecule has 2 rings (SSSR count). The highest BCUT2D eigenvalue weighted by Crippen LogP contribution is 2.32. The van der Waals surface area contributed by atoms with Gasteiger partial charge in [0.2, 0.25) is 0 Å². The van der Waals surface area contributed by atoms with Gasteiger partial charge in [0.15, 0.2) is 0 Å². The zero-order valence-electron chi connectivity index (χ0n) is 13.7. The van der Waals surface area contributed by atoms with E-state index in [9.17, 15) is 0 Å². The fourth-order valence-corrected chi connectivity index (χ4v) is 2.99. The molecular weight excluding hydrogens is 262 g/mol. The van der Waals surface area contributed by atoms with Crippen LogP contribution >= 0.6 is 0 Å². The predicted octanol–water partition coefficient (Wildman–Crippen LogP) is 3.66. The Labute approximate surface area is 127 Å². The van der Waals surface area contributed by atoms with Crippen molar-refractivity contribution >= 4 is 0 Å². The second-order valence-corrected chi connectivity index (χ2v) is 5.55. The van der Waals surface area contributed by atoms with Crippen molar-refractivity contribution in [1.29, 1.82) is 0 Å². The maximum Gasteiger partial charge on any atom is 0.119 e. The summed E-state index contributed by atoms with van der Waals surface area (Å²) in [5.74, 6) is 1.40. The zero-order chi connectivity index (χ0) is 15.4. The highest BCUT2D eigenvalue weighted by molar-refractivity contribution is 5.43. The Kier molecular flexibility index (Phi) is 4.99. The van der Waals surface area contributed by atoms with Crippen molar-refractivity contribution < 1.29 is 4.74 Å². The van der Waals surface area contributed by atoms with Gasteiger partial charge in [-0.3, -0.25) is 4.68 Å². The lowest BCUT2D eigenvalue weighted by atomic mass is 9.86. The number of nitrogens with zero attached hydrogens (tertiary/aromatic N) is 3. The van der Waals surface area contributed by atoms with E-state index in [1.165, 1.54) is 16.7 Å². The van der Waals surface area contributed by atoms with E-state index in [0.29, 0.717) is 5.92 Å². The fourth-order valence-electron chi connectivity index (χ4n) is 2.99. The lowest BCUT2D eigenvalue weighted by molar-refractivity contribution is 0.413. The van der Waals surface area contributed by atoms with Crippen molar-refractivity contribution in [3.8, 4) is 5.75 Å². The van der Waals surface area contributed by atoms with Gasteiger partial charge in [-0.25, -0.2) is 0 Å². The third-order valence-electron chi connectivity index (χ3n) is 4.07. The largest absolute Gasteiger partial charge is 0.497 e. The molecule has 0 aliphatic rings. The SMILES string of the molecule is CCC(Cc1cn(CC)nn1)c1c(C)cc(OC)cc1C. The third kappa shape index (κ3) is 3.43. The first kappa shape index (κ1) is 15.5. The lowest BCUT2D eigenvalue weighted by Crippen LogP contribution is -2.07. The first-order valence-electron chi connectivity index (χ1n) is 7.63. The van der Waals surface area contributed by atoms with Gasteiger partial charge in [0, 0.05) is 12.7 Å². The third-order valence-corrected chi connectivity index (χ3v) is 4.07. The van der Waals surface area contributed by atoms with E-state index in [4.69, 9.17) is 4.74 Å². The van der Waals surface area contributed by atoms with Crippen LogP contribution in [0, 0.1) is 13.8 Å². The highest BCUT2D eigenvalue weighted by atomic mass is 16.5. The van der Waals surface area contributed by atoms with Gasteiger partial charge in [-0.15, -0.1) is 5.10 Å². The van der Waals surface area contributed by atoms with Gasteiger partial charge in [-0.1, -0.05) is 12.1 Å². The number of hydrogen-bond donors (Lipinski definition) is 0. The van der Waals surface area contributed by atoms with Gasteiger partial charge in [0.1, 0.15) is 5.75 Å². The molecule has 1 heterocycles. The minimum atomic E-state index is 0.470. The first-order valence-corrected chi connectivity index (χ1v) is 7.63. The zero-order valence-corrected chi connectivity index (χ0v) is 13.7. The molecule has 1 atom stereocenters. The summed E-state index contributed by atoms with van der Waals surface area (Å²) in [7, 11) is 1.72. The molecule has 21 heavy (non-hydrogen) atoms. The van der Waals surface area contributed by atoms with Crippen molar-refractivity contribution in [2.45, 2.75) is 53.0 Å². The summed E-state index contributed by atoms with van der Waals surface area (Å²) >= 11 is 0. The van der Waals surface area contributed by atoms with Gasteiger partial charge in [-0.2, -0.15) is 0 Å². The Morgan fingerprint density at radius 3 is 2.33 bits per heavy atom. The number of aromatic nitrogens is 3. The molecular formula is C17H25N3O. The lowest BCUT2D eigenvalue weighted by Gasteiger charge is -2.20. The molecule has 4 heteroatoms. The van der Waals surface area contributed by atoms with Gasteiger partial charge in [0.25, 0.3) is 0 Å². The number of ether oxygens (including phenoxy) is 1. The van der Waals surface area contributed by atoms with Crippen molar-refractivity contribution in [3.63, 3.8) is 0 Å². The normalized spacial score (nSPS) is 12.4. The molecule has 0 aliphatic heterocycles. The van der Waals surface area contributed by atoms with Crippen LogP contribution in [0.25, 0.3) is 0 Å². The van der Waals surface area contributed by atoms with Crippen LogP contribution in [0.5, 0.6) is 5.75 Å². The van der Waals surface area contributed by atoms with Gasteiger partial charge < -0.3 is 4.74 Å². The molecule has 0 fully saturated rings. The van der Waals surface area contributed by atoms with E-state index >= 15 is 0 Å². The molecule has 0 aliphatic carbocycles. The molecule has 0 radical (unpaired) electrons. The summed E-state index contributed by atoms with van der Waals surface area (Å²) in [5.41, 5.74) is 5.07. The van der Waals surface area contributed by atoms with E-state index in [2.05, 4.69) is 56.3 Å². The Morgan fingerprint density at radius 1 is 1.19 bits per heavy atom. The smallest absolute Gasteiger partial charge is 0.119 e. The standard InChI is InChI=1S/C17H25N3O/c1-6-14(10-15-11-20(7-2)19-18-15)17-12(3)8-16(21-5)9-13(17)4/h8-9,11,14H,6-7,10H2,1-5H3. The van der Waals surface area contributed by atoms with Crippen molar-refractivity contribution in [2.24, 2.45) is 0 Å². The quantitative estimate of drug-likeness (QED) is 0.814. The molecule has 0 N–H and O–H groups in total. The molecule has 1 aromatic heterocycles. The van der Waals surface area contributed by atoms with Crippen LogP contribution in [0.3, 0.4) is 0 Å². The topological polar surface area (TPSA) is 39.9 Å². The fraction of sp³-hybridized carbons (Fsp3) is 0.529. The Bertz CT molecular complexity index is 581. The van der Waals surface area contributed by atoms with E-state index in [0.717, 1.165) is 30.8 Å².